The summed E-state index contributed by atoms with van der Waals surface area (Å²) >= 11 is 0. The van der Waals surface area contributed by atoms with E-state index in [2.05, 4.69) is 0 Å². The largest absolute Gasteiger partial charge is 0.206 e. The van der Waals surface area contributed by atoms with Crippen LogP contribution in [0.25, 0.3) is 5.57 Å². The van der Waals surface area contributed by atoms with Gasteiger partial charge in [-0.3, -0.25) is 0 Å². The molecule has 0 saturated carbocycles. The normalized spacial score (nSPS) is 11.8. The Bertz CT molecular complexity index is 287. The van der Waals surface area contributed by atoms with Crippen LogP contribution in [0.3, 0.4) is 0 Å². The standard InChI is InChI=1S/C11H13F/c1-3-6-9(2)10-7-4-5-8-11(10)12/h4-8H,3H2,1-2H3/b9-6+. The highest BCUT2D eigenvalue weighted by atomic mass is 19.1. The van der Waals surface area contributed by atoms with Gasteiger partial charge in [0.1, 0.15) is 5.82 Å². The molecule has 0 N–H and O–H groups in total. The lowest BCUT2D eigenvalue weighted by molar-refractivity contribution is 0.624. The minimum atomic E-state index is -0.139. The predicted octanol–water partition coefficient (Wildman–Crippen LogP) is 3.64. The molecule has 12 heavy (non-hydrogen) atoms. The van der Waals surface area contributed by atoms with Crippen molar-refractivity contribution in [2.24, 2.45) is 0 Å². The lowest BCUT2D eigenvalue weighted by atomic mass is 10.1. The zero-order chi connectivity index (χ0) is 8.97. The Hall–Kier alpha value is -1.11. The van der Waals surface area contributed by atoms with Gasteiger partial charge in [-0.2, -0.15) is 0 Å². The van der Waals surface area contributed by atoms with Crippen molar-refractivity contribution in [3.63, 3.8) is 0 Å². The van der Waals surface area contributed by atoms with Crippen molar-refractivity contribution in [1.82, 2.24) is 0 Å². The van der Waals surface area contributed by atoms with E-state index in [-0.39, 0.29) is 5.82 Å². The van der Waals surface area contributed by atoms with Gasteiger partial charge in [-0.05, 0) is 25.0 Å². The molecule has 0 aliphatic rings. The maximum atomic E-state index is 13.1. The van der Waals surface area contributed by atoms with Gasteiger partial charge >= 0.3 is 0 Å². The van der Waals surface area contributed by atoms with E-state index in [0.717, 1.165) is 12.0 Å². The fraction of sp³-hybridized carbons (Fsp3) is 0.273. The Labute approximate surface area is 72.7 Å². The van der Waals surface area contributed by atoms with Crippen molar-refractivity contribution in [2.45, 2.75) is 20.3 Å². The minimum absolute atomic E-state index is 0.139. The Balaban J connectivity index is 3.02. The van der Waals surface area contributed by atoms with E-state index >= 15 is 0 Å². The van der Waals surface area contributed by atoms with Gasteiger partial charge in [0.25, 0.3) is 0 Å². The first-order chi connectivity index (χ1) is 5.75. The Morgan fingerprint density at radius 3 is 2.67 bits per heavy atom. The first-order valence-electron chi connectivity index (χ1n) is 4.17. The van der Waals surface area contributed by atoms with Crippen LogP contribution < -0.4 is 0 Å². The van der Waals surface area contributed by atoms with Gasteiger partial charge in [-0.15, -0.1) is 0 Å². The van der Waals surface area contributed by atoms with Crippen LogP contribution in [0.2, 0.25) is 0 Å². The third kappa shape index (κ3) is 1.94. The molecule has 64 valence electrons. The van der Waals surface area contributed by atoms with Crippen LogP contribution in [-0.4, -0.2) is 0 Å². The number of halogens is 1. The molecule has 1 aromatic rings. The molecule has 0 heterocycles. The van der Waals surface area contributed by atoms with Crippen LogP contribution in [0.5, 0.6) is 0 Å². The molecule has 0 aliphatic heterocycles. The predicted molar refractivity (Wildman–Crippen MR) is 50.3 cm³/mol. The molecule has 0 fully saturated rings. The molecular formula is C11H13F. The smallest absolute Gasteiger partial charge is 0.130 e. The summed E-state index contributed by atoms with van der Waals surface area (Å²) in [6.07, 6.45) is 2.97. The fourth-order valence-corrected chi connectivity index (χ4v) is 1.20. The molecular weight excluding hydrogens is 151 g/mol. The summed E-state index contributed by atoms with van der Waals surface area (Å²) in [5.41, 5.74) is 1.72. The summed E-state index contributed by atoms with van der Waals surface area (Å²) in [6, 6.07) is 6.85. The average Bonchev–Trinajstić information content (AvgIpc) is 2.05. The third-order valence-corrected chi connectivity index (χ3v) is 1.81. The Morgan fingerprint density at radius 2 is 2.08 bits per heavy atom. The van der Waals surface area contributed by atoms with Crippen molar-refractivity contribution in [1.29, 1.82) is 0 Å². The zero-order valence-corrected chi connectivity index (χ0v) is 7.47. The highest BCUT2D eigenvalue weighted by Crippen LogP contribution is 2.17. The topological polar surface area (TPSA) is 0 Å². The number of rotatable bonds is 2. The first kappa shape index (κ1) is 8.98. The number of benzene rings is 1. The molecule has 1 heteroatoms. The first-order valence-corrected chi connectivity index (χ1v) is 4.17. The molecule has 1 rings (SSSR count). The van der Waals surface area contributed by atoms with Gasteiger partial charge in [0.15, 0.2) is 0 Å². The second kappa shape index (κ2) is 4.05. The lowest BCUT2D eigenvalue weighted by Gasteiger charge is -2.01. The summed E-state index contributed by atoms with van der Waals surface area (Å²) in [6.45, 7) is 3.98. The van der Waals surface area contributed by atoms with E-state index in [0.29, 0.717) is 5.56 Å². The summed E-state index contributed by atoms with van der Waals surface area (Å²) in [7, 11) is 0. The van der Waals surface area contributed by atoms with Gasteiger partial charge in [-0.25, -0.2) is 4.39 Å². The summed E-state index contributed by atoms with van der Waals surface area (Å²) in [5.74, 6) is -0.139. The molecule has 0 aliphatic carbocycles. The molecule has 0 saturated heterocycles. The SMILES string of the molecule is CC/C=C(\C)c1ccccc1F. The number of hydrogen-bond acceptors (Lipinski definition) is 0. The highest BCUT2D eigenvalue weighted by molar-refractivity contribution is 5.63. The fourth-order valence-electron chi connectivity index (χ4n) is 1.20. The third-order valence-electron chi connectivity index (χ3n) is 1.81. The maximum absolute atomic E-state index is 13.1. The second-order valence-corrected chi connectivity index (χ2v) is 2.78. The number of hydrogen-bond donors (Lipinski definition) is 0. The molecule has 0 atom stereocenters. The molecule has 0 bridgehead atoms. The molecule has 0 nitrogen and oxygen atoms in total. The van der Waals surface area contributed by atoms with Crippen molar-refractivity contribution in [3.05, 3.63) is 41.7 Å². The molecule has 0 aromatic heterocycles. The highest BCUT2D eigenvalue weighted by Gasteiger charge is 2.00. The van der Waals surface area contributed by atoms with E-state index < -0.39 is 0 Å². The van der Waals surface area contributed by atoms with Gasteiger partial charge < -0.3 is 0 Å². The number of allylic oxidation sites excluding steroid dienone is 2. The van der Waals surface area contributed by atoms with Gasteiger partial charge in [0.05, 0.1) is 0 Å². The van der Waals surface area contributed by atoms with Crippen molar-refractivity contribution in [2.75, 3.05) is 0 Å². The zero-order valence-electron chi connectivity index (χ0n) is 7.47. The summed E-state index contributed by atoms with van der Waals surface area (Å²) in [4.78, 5) is 0. The monoisotopic (exact) mass is 164 g/mol. The van der Waals surface area contributed by atoms with Crippen molar-refractivity contribution in [3.8, 4) is 0 Å². The summed E-state index contributed by atoms with van der Waals surface area (Å²) < 4.78 is 13.1. The molecule has 0 radical (unpaired) electrons. The van der Waals surface area contributed by atoms with Crippen LogP contribution in [0.1, 0.15) is 25.8 Å². The van der Waals surface area contributed by atoms with Crippen LogP contribution >= 0.6 is 0 Å². The van der Waals surface area contributed by atoms with Crippen molar-refractivity contribution < 1.29 is 4.39 Å². The van der Waals surface area contributed by atoms with Gasteiger partial charge in [0.2, 0.25) is 0 Å². The lowest BCUT2D eigenvalue weighted by Crippen LogP contribution is -1.84. The van der Waals surface area contributed by atoms with Crippen LogP contribution in [0.15, 0.2) is 30.3 Å². The molecule has 1 aromatic carbocycles. The van der Waals surface area contributed by atoms with E-state index in [4.69, 9.17) is 0 Å². The van der Waals surface area contributed by atoms with Crippen LogP contribution in [0, 0.1) is 5.82 Å². The van der Waals surface area contributed by atoms with E-state index in [9.17, 15) is 4.39 Å². The van der Waals surface area contributed by atoms with Gasteiger partial charge in [-0.1, -0.05) is 31.2 Å². The van der Waals surface area contributed by atoms with Crippen LogP contribution in [-0.2, 0) is 0 Å². The van der Waals surface area contributed by atoms with E-state index in [1.165, 1.54) is 6.07 Å². The molecule has 0 unspecified atom stereocenters. The maximum Gasteiger partial charge on any atom is 0.130 e. The molecule has 0 amide bonds. The Morgan fingerprint density at radius 1 is 1.42 bits per heavy atom. The summed E-state index contributed by atoms with van der Waals surface area (Å²) in [5, 5.41) is 0. The van der Waals surface area contributed by atoms with E-state index in [1.54, 1.807) is 12.1 Å². The molecule has 0 spiro atoms. The minimum Gasteiger partial charge on any atom is -0.206 e. The van der Waals surface area contributed by atoms with Crippen LogP contribution in [0.4, 0.5) is 4.39 Å². The van der Waals surface area contributed by atoms with Gasteiger partial charge in [0, 0.05) is 5.56 Å². The Kier molecular flexibility index (Phi) is 3.03. The quantitative estimate of drug-likeness (QED) is 0.626. The van der Waals surface area contributed by atoms with Crippen molar-refractivity contribution >= 4 is 5.57 Å². The van der Waals surface area contributed by atoms with E-state index in [1.807, 2.05) is 26.0 Å². The average molecular weight is 164 g/mol. The second-order valence-electron chi connectivity index (χ2n) is 2.78.